The molecule has 0 bridgehead atoms. The van der Waals surface area contributed by atoms with Crippen molar-refractivity contribution in [3.05, 3.63) is 39.7 Å². The second kappa shape index (κ2) is 5.80. The van der Waals surface area contributed by atoms with E-state index in [2.05, 4.69) is 27.3 Å². The Morgan fingerprint density at radius 3 is 2.68 bits per heavy atom. The van der Waals surface area contributed by atoms with Crippen molar-refractivity contribution in [3.8, 4) is 0 Å². The minimum atomic E-state index is 0.794. The van der Waals surface area contributed by atoms with Gasteiger partial charge in [0.05, 0.1) is 16.2 Å². The van der Waals surface area contributed by atoms with Gasteiger partial charge in [-0.3, -0.25) is 0 Å². The molecule has 2 aromatic rings. The number of anilines is 2. The van der Waals surface area contributed by atoms with Crippen molar-refractivity contribution in [1.82, 2.24) is 4.98 Å². The van der Waals surface area contributed by atoms with Crippen LogP contribution < -0.4 is 10.2 Å². The Balaban J connectivity index is 1.59. The summed E-state index contributed by atoms with van der Waals surface area (Å²) >= 11 is 7.51. The lowest BCUT2D eigenvalue weighted by Crippen LogP contribution is -2.18. The third-order valence-electron chi connectivity index (χ3n) is 3.27. The fourth-order valence-corrected chi connectivity index (χ4v) is 3.29. The van der Waals surface area contributed by atoms with Crippen LogP contribution in [-0.4, -0.2) is 18.1 Å². The molecule has 1 aliphatic rings. The highest BCUT2D eigenvalue weighted by Crippen LogP contribution is 2.23. The van der Waals surface area contributed by atoms with Crippen molar-refractivity contribution in [1.29, 1.82) is 0 Å². The molecule has 0 saturated carbocycles. The van der Waals surface area contributed by atoms with E-state index in [1.807, 2.05) is 18.3 Å². The number of hydrogen-bond acceptors (Lipinski definition) is 4. The molecule has 1 saturated heterocycles. The molecule has 3 rings (SSSR count). The Morgan fingerprint density at radius 2 is 2.05 bits per heavy atom. The molecule has 2 aromatic heterocycles. The molecule has 1 aliphatic heterocycles. The number of nitrogens with zero attached hydrogens (tertiary/aromatic N) is 2. The first-order valence-electron chi connectivity index (χ1n) is 6.50. The van der Waals surface area contributed by atoms with Crippen molar-refractivity contribution in [3.63, 3.8) is 0 Å². The molecule has 0 aromatic carbocycles. The second-order valence-corrected chi connectivity index (χ2v) is 6.46. The van der Waals surface area contributed by atoms with Crippen molar-refractivity contribution in [2.24, 2.45) is 0 Å². The summed E-state index contributed by atoms with van der Waals surface area (Å²) in [5.74, 6) is 1.09. The van der Waals surface area contributed by atoms with Crippen LogP contribution in [0.25, 0.3) is 0 Å². The van der Waals surface area contributed by atoms with Gasteiger partial charge in [0.15, 0.2) is 0 Å². The van der Waals surface area contributed by atoms with E-state index in [0.29, 0.717) is 0 Å². The van der Waals surface area contributed by atoms with Crippen LogP contribution in [0.4, 0.5) is 11.5 Å². The Kier molecular flexibility index (Phi) is 3.89. The van der Waals surface area contributed by atoms with E-state index in [1.165, 1.54) is 17.7 Å². The fraction of sp³-hybridized carbons (Fsp3) is 0.357. The van der Waals surface area contributed by atoms with E-state index in [9.17, 15) is 0 Å². The van der Waals surface area contributed by atoms with Crippen molar-refractivity contribution < 1.29 is 0 Å². The van der Waals surface area contributed by atoms with Gasteiger partial charge in [0.2, 0.25) is 0 Å². The number of halogens is 1. The summed E-state index contributed by atoms with van der Waals surface area (Å²) in [6.45, 7) is 3.06. The topological polar surface area (TPSA) is 28.2 Å². The minimum Gasteiger partial charge on any atom is -0.379 e. The van der Waals surface area contributed by atoms with Crippen LogP contribution in [0, 0.1) is 0 Å². The lowest BCUT2D eigenvalue weighted by molar-refractivity contribution is 0.937. The number of hydrogen-bond donors (Lipinski definition) is 1. The van der Waals surface area contributed by atoms with Gasteiger partial charge in [-0.2, -0.15) is 0 Å². The Labute approximate surface area is 122 Å². The van der Waals surface area contributed by atoms with Gasteiger partial charge in [-0.15, -0.1) is 11.3 Å². The summed E-state index contributed by atoms with van der Waals surface area (Å²) in [6, 6.07) is 8.16. The predicted molar refractivity (Wildman–Crippen MR) is 82.3 cm³/mol. The van der Waals surface area contributed by atoms with Crippen molar-refractivity contribution >= 4 is 34.4 Å². The number of pyridine rings is 1. The standard InChI is InChI=1S/C14H16ClN3S/c15-13-5-4-12(19-13)10-16-11-3-6-14(17-9-11)18-7-1-2-8-18/h3-6,9,16H,1-2,7-8,10H2. The van der Waals surface area contributed by atoms with Crippen LogP contribution >= 0.6 is 22.9 Å². The fourth-order valence-electron chi connectivity index (χ4n) is 2.26. The lowest BCUT2D eigenvalue weighted by atomic mass is 10.3. The molecule has 1 fully saturated rings. The molecule has 19 heavy (non-hydrogen) atoms. The van der Waals surface area contributed by atoms with Gasteiger partial charge in [0.25, 0.3) is 0 Å². The SMILES string of the molecule is Clc1ccc(CNc2ccc(N3CCCC3)nc2)s1. The third kappa shape index (κ3) is 3.19. The maximum absolute atomic E-state index is 5.91. The zero-order valence-corrected chi connectivity index (χ0v) is 12.2. The van der Waals surface area contributed by atoms with E-state index in [-0.39, 0.29) is 0 Å². The lowest BCUT2D eigenvalue weighted by Gasteiger charge is -2.16. The van der Waals surface area contributed by atoms with Crippen LogP contribution in [0.3, 0.4) is 0 Å². The summed E-state index contributed by atoms with van der Waals surface area (Å²) in [5, 5.41) is 3.36. The smallest absolute Gasteiger partial charge is 0.128 e. The molecule has 3 heterocycles. The normalized spacial score (nSPS) is 14.9. The number of thiophene rings is 1. The van der Waals surface area contributed by atoms with E-state index in [0.717, 1.165) is 35.5 Å². The Hall–Kier alpha value is -1.26. The first-order chi connectivity index (χ1) is 9.31. The quantitative estimate of drug-likeness (QED) is 0.923. The summed E-state index contributed by atoms with van der Waals surface area (Å²) in [5.41, 5.74) is 1.05. The number of rotatable bonds is 4. The van der Waals surface area contributed by atoms with Gasteiger partial charge in [0, 0.05) is 24.5 Å². The maximum atomic E-state index is 5.91. The molecule has 0 unspecified atom stereocenters. The van der Waals surface area contributed by atoms with Gasteiger partial charge < -0.3 is 10.2 Å². The van der Waals surface area contributed by atoms with Crippen LogP contribution in [-0.2, 0) is 6.54 Å². The van der Waals surface area contributed by atoms with E-state index < -0.39 is 0 Å². The molecule has 0 spiro atoms. The molecule has 0 amide bonds. The van der Waals surface area contributed by atoms with Gasteiger partial charge in [-0.25, -0.2) is 4.98 Å². The largest absolute Gasteiger partial charge is 0.379 e. The molecule has 5 heteroatoms. The van der Waals surface area contributed by atoms with Crippen LogP contribution in [0.15, 0.2) is 30.5 Å². The first kappa shape index (κ1) is 12.8. The maximum Gasteiger partial charge on any atom is 0.128 e. The zero-order chi connectivity index (χ0) is 13.1. The summed E-state index contributed by atoms with van der Waals surface area (Å²) < 4.78 is 0.833. The highest BCUT2D eigenvalue weighted by molar-refractivity contribution is 7.16. The molecule has 3 nitrogen and oxygen atoms in total. The summed E-state index contributed by atoms with van der Waals surface area (Å²) in [7, 11) is 0. The molecule has 0 radical (unpaired) electrons. The van der Waals surface area contributed by atoms with Gasteiger partial charge in [-0.05, 0) is 37.1 Å². The molecule has 100 valence electrons. The molecule has 1 N–H and O–H groups in total. The van der Waals surface area contributed by atoms with Gasteiger partial charge in [0.1, 0.15) is 5.82 Å². The second-order valence-electron chi connectivity index (χ2n) is 4.66. The Morgan fingerprint density at radius 1 is 1.21 bits per heavy atom. The van der Waals surface area contributed by atoms with Gasteiger partial charge in [-0.1, -0.05) is 11.6 Å². The van der Waals surface area contributed by atoms with E-state index in [4.69, 9.17) is 11.6 Å². The molecular formula is C14H16ClN3S. The molecular weight excluding hydrogens is 278 g/mol. The highest BCUT2D eigenvalue weighted by Gasteiger charge is 2.12. The molecule has 0 atom stereocenters. The predicted octanol–water partition coefficient (Wildman–Crippen LogP) is 4.01. The van der Waals surface area contributed by atoms with Crippen LogP contribution in [0.1, 0.15) is 17.7 Å². The Bertz CT molecular complexity index is 532. The average Bonchev–Trinajstić information content (AvgIpc) is 3.08. The third-order valence-corrected chi connectivity index (χ3v) is 4.50. The van der Waals surface area contributed by atoms with E-state index in [1.54, 1.807) is 11.3 Å². The van der Waals surface area contributed by atoms with Crippen LogP contribution in [0.2, 0.25) is 4.34 Å². The zero-order valence-electron chi connectivity index (χ0n) is 10.6. The average molecular weight is 294 g/mol. The number of aromatic nitrogens is 1. The van der Waals surface area contributed by atoms with E-state index >= 15 is 0 Å². The van der Waals surface area contributed by atoms with Gasteiger partial charge >= 0.3 is 0 Å². The highest BCUT2D eigenvalue weighted by atomic mass is 35.5. The molecule has 0 aliphatic carbocycles. The minimum absolute atomic E-state index is 0.794. The van der Waals surface area contributed by atoms with Crippen LogP contribution in [0.5, 0.6) is 0 Å². The summed E-state index contributed by atoms with van der Waals surface area (Å²) in [6.07, 6.45) is 4.46. The first-order valence-corrected chi connectivity index (χ1v) is 7.70. The summed E-state index contributed by atoms with van der Waals surface area (Å²) in [4.78, 5) is 8.09. The number of nitrogens with one attached hydrogen (secondary N) is 1. The van der Waals surface area contributed by atoms with Crippen molar-refractivity contribution in [2.75, 3.05) is 23.3 Å². The van der Waals surface area contributed by atoms with Crippen molar-refractivity contribution in [2.45, 2.75) is 19.4 Å². The monoisotopic (exact) mass is 293 g/mol.